The molecular weight excluding hydrogens is 522 g/mol. The fourth-order valence-electron chi connectivity index (χ4n) is 5.24. The van der Waals surface area contributed by atoms with Crippen molar-refractivity contribution in [2.45, 2.75) is 19.5 Å². The second-order valence-electron chi connectivity index (χ2n) is 8.89. The number of benzene rings is 3. The van der Waals surface area contributed by atoms with E-state index in [1.165, 1.54) is 27.4 Å². The van der Waals surface area contributed by atoms with E-state index in [9.17, 15) is 9.59 Å². The molecule has 0 atom stereocenters. The first-order valence-corrected chi connectivity index (χ1v) is 13.5. The van der Waals surface area contributed by atoms with Gasteiger partial charge in [-0.3, -0.25) is 0 Å². The first kappa shape index (κ1) is 19.3. The predicted molar refractivity (Wildman–Crippen MR) is 132 cm³/mol. The molecule has 0 unspecified atom stereocenters. The topological polar surface area (TPSA) is 37.4 Å². The SMILES string of the molecule is O=C1C(=CC2=CC=C(N3Cc4[te]c5cc6ccccc6cc5c4C3)C2)C(=O)c2ccccc21. The summed E-state index contributed by atoms with van der Waals surface area (Å²) in [6.07, 6.45) is 6.80. The zero-order chi connectivity index (χ0) is 22.1. The Morgan fingerprint density at radius 1 is 0.818 bits per heavy atom. The molecule has 3 aromatic carbocycles. The van der Waals surface area contributed by atoms with E-state index < -0.39 is 0 Å². The van der Waals surface area contributed by atoms with Gasteiger partial charge in [-0.15, -0.1) is 0 Å². The van der Waals surface area contributed by atoms with Crippen LogP contribution in [-0.2, 0) is 13.1 Å². The molecule has 1 aromatic heterocycles. The van der Waals surface area contributed by atoms with Crippen LogP contribution >= 0.6 is 0 Å². The average Bonchev–Trinajstić information content (AvgIpc) is 3.58. The van der Waals surface area contributed by atoms with Gasteiger partial charge < -0.3 is 0 Å². The molecule has 0 bridgehead atoms. The van der Waals surface area contributed by atoms with Gasteiger partial charge in [0.2, 0.25) is 0 Å². The summed E-state index contributed by atoms with van der Waals surface area (Å²) in [6, 6.07) is 20.5. The number of fused-ring (bicyclic) bond motifs is 5. The molecule has 1 aliphatic heterocycles. The Hall–Kier alpha value is -3.19. The zero-order valence-electron chi connectivity index (χ0n) is 17.8. The molecule has 33 heavy (non-hydrogen) atoms. The Morgan fingerprint density at radius 3 is 2.27 bits per heavy atom. The third kappa shape index (κ3) is 2.95. The van der Waals surface area contributed by atoms with E-state index >= 15 is 0 Å². The van der Waals surface area contributed by atoms with Crippen LogP contribution in [0.2, 0.25) is 0 Å². The van der Waals surface area contributed by atoms with Gasteiger partial charge in [-0.25, -0.2) is 0 Å². The number of carbonyl (C=O) groups is 2. The van der Waals surface area contributed by atoms with Crippen molar-refractivity contribution in [3.63, 3.8) is 0 Å². The summed E-state index contributed by atoms with van der Waals surface area (Å²) in [4.78, 5) is 27.9. The Morgan fingerprint density at radius 2 is 1.52 bits per heavy atom. The number of hydrogen-bond acceptors (Lipinski definition) is 3. The van der Waals surface area contributed by atoms with Crippen molar-refractivity contribution < 1.29 is 9.59 Å². The van der Waals surface area contributed by atoms with Crippen molar-refractivity contribution in [2.75, 3.05) is 0 Å². The quantitative estimate of drug-likeness (QED) is 0.189. The van der Waals surface area contributed by atoms with Gasteiger partial charge in [0.1, 0.15) is 0 Å². The molecule has 7 rings (SSSR count). The number of carbonyl (C=O) groups excluding carboxylic acids is 2. The summed E-state index contributed by atoms with van der Waals surface area (Å²) in [5.74, 6) is -0.303. The number of nitrogens with zero attached hydrogens (tertiary/aromatic N) is 1. The van der Waals surface area contributed by atoms with E-state index in [0.29, 0.717) is 16.7 Å². The van der Waals surface area contributed by atoms with Crippen molar-refractivity contribution in [1.82, 2.24) is 4.90 Å². The molecule has 4 aromatic rings. The van der Waals surface area contributed by atoms with E-state index in [1.54, 1.807) is 25.2 Å². The Kier molecular flexibility index (Phi) is 4.18. The Labute approximate surface area is 200 Å². The van der Waals surface area contributed by atoms with Gasteiger partial charge in [-0.1, -0.05) is 0 Å². The molecular formula is C29H19NO2Te. The van der Waals surface area contributed by atoms with Crippen molar-refractivity contribution in [1.29, 1.82) is 0 Å². The summed E-state index contributed by atoms with van der Waals surface area (Å²) < 4.78 is 3.22. The molecule has 3 aliphatic rings. The van der Waals surface area contributed by atoms with Crippen LogP contribution < -0.4 is 0 Å². The van der Waals surface area contributed by atoms with Crippen molar-refractivity contribution in [2.24, 2.45) is 0 Å². The van der Waals surface area contributed by atoms with Gasteiger partial charge in [-0.2, -0.15) is 0 Å². The standard InChI is InChI=1S/C29H19NO2Te/c31-28-21-7-3-4-8-22(21)29(32)24(28)12-17-9-10-20(11-17)30-15-25-23-13-18-5-1-2-6-19(18)14-26(23)33-27(25)16-30/h1-10,12-14H,11,15-16H2. The summed E-state index contributed by atoms with van der Waals surface area (Å²) >= 11 is -0.316. The van der Waals surface area contributed by atoms with E-state index in [2.05, 4.69) is 53.5 Å². The monoisotopic (exact) mass is 543 g/mol. The number of Topliss-reactive ketones (excluding diaryl/α,β-unsaturated/α-hetero) is 2. The van der Waals surface area contributed by atoms with Crippen molar-refractivity contribution in [3.8, 4) is 0 Å². The number of hydrogen-bond donors (Lipinski definition) is 0. The Bertz CT molecular complexity index is 1600. The van der Waals surface area contributed by atoms with E-state index in [-0.39, 0.29) is 32.0 Å². The normalized spacial score (nSPS) is 17.1. The number of allylic oxidation sites excluding steroid dienone is 5. The molecule has 158 valence electrons. The zero-order valence-corrected chi connectivity index (χ0v) is 20.1. The summed E-state index contributed by atoms with van der Waals surface area (Å²) in [7, 11) is 0. The molecule has 2 heterocycles. The number of rotatable bonds is 2. The first-order valence-electron chi connectivity index (χ1n) is 11.1. The van der Waals surface area contributed by atoms with Crippen LogP contribution in [0.15, 0.2) is 95.7 Å². The van der Waals surface area contributed by atoms with Crippen LogP contribution in [-0.4, -0.2) is 36.9 Å². The van der Waals surface area contributed by atoms with Crippen LogP contribution in [0.3, 0.4) is 0 Å². The molecule has 0 saturated heterocycles. The molecule has 0 saturated carbocycles. The van der Waals surface area contributed by atoms with Crippen LogP contribution in [0.4, 0.5) is 0 Å². The molecule has 0 fully saturated rings. The van der Waals surface area contributed by atoms with E-state index in [0.717, 1.165) is 25.1 Å². The van der Waals surface area contributed by atoms with Gasteiger partial charge in [-0.05, 0) is 0 Å². The minimum atomic E-state index is -0.316. The van der Waals surface area contributed by atoms with Crippen LogP contribution in [0.5, 0.6) is 0 Å². The maximum atomic E-state index is 12.7. The Balaban J connectivity index is 1.12. The van der Waals surface area contributed by atoms with Gasteiger partial charge in [0.15, 0.2) is 0 Å². The summed E-state index contributed by atoms with van der Waals surface area (Å²) in [5.41, 5.74) is 5.19. The molecule has 0 amide bonds. The van der Waals surface area contributed by atoms with Crippen LogP contribution in [0.25, 0.3) is 19.6 Å². The molecule has 2 aliphatic carbocycles. The van der Waals surface area contributed by atoms with Crippen molar-refractivity contribution >= 4 is 51.6 Å². The van der Waals surface area contributed by atoms with E-state index in [1.807, 2.05) is 12.1 Å². The number of ketones is 2. The predicted octanol–water partition coefficient (Wildman–Crippen LogP) is 5.59. The maximum absolute atomic E-state index is 12.7. The molecule has 4 heteroatoms. The van der Waals surface area contributed by atoms with Crippen LogP contribution in [0.1, 0.15) is 36.3 Å². The summed E-state index contributed by atoms with van der Waals surface area (Å²) in [6.45, 7) is 1.97. The third-order valence-corrected chi connectivity index (χ3v) is 10.3. The molecule has 3 nitrogen and oxygen atoms in total. The third-order valence-electron chi connectivity index (χ3n) is 6.94. The van der Waals surface area contributed by atoms with Crippen LogP contribution in [0, 0.1) is 0 Å². The molecule has 0 radical (unpaired) electrons. The van der Waals surface area contributed by atoms with Gasteiger partial charge >= 0.3 is 202 Å². The van der Waals surface area contributed by atoms with Gasteiger partial charge in [0, 0.05) is 0 Å². The average molecular weight is 541 g/mol. The second-order valence-corrected chi connectivity index (χ2v) is 12.1. The van der Waals surface area contributed by atoms with Gasteiger partial charge in [0.05, 0.1) is 0 Å². The molecule has 0 N–H and O–H groups in total. The fraction of sp³-hybridized carbons (Fsp3) is 0.103. The van der Waals surface area contributed by atoms with Gasteiger partial charge in [0.25, 0.3) is 0 Å². The minimum absolute atomic E-state index is 0.152. The molecule has 0 spiro atoms. The fourth-order valence-corrected chi connectivity index (χ4v) is 8.84. The summed E-state index contributed by atoms with van der Waals surface area (Å²) in [5, 5.41) is 4.12. The second kappa shape index (κ2) is 7.15. The first-order chi connectivity index (χ1) is 16.2. The van der Waals surface area contributed by atoms with E-state index in [4.69, 9.17) is 0 Å². The van der Waals surface area contributed by atoms with Crippen molar-refractivity contribution in [3.05, 3.63) is 116 Å².